The van der Waals surface area contributed by atoms with E-state index in [1.165, 1.54) is 23.5 Å². The molecule has 49 heavy (non-hydrogen) atoms. The second-order valence-electron chi connectivity index (χ2n) is 13.6. The molecule has 14 heteroatoms. The van der Waals surface area contributed by atoms with Crippen LogP contribution in [0.5, 0.6) is 5.75 Å². The van der Waals surface area contributed by atoms with Gasteiger partial charge in [0.25, 0.3) is 0 Å². The maximum absolute atomic E-state index is 15.6. The quantitative estimate of drug-likeness (QED) is 0.175. The molecule has 1 unspecified atom stereocenters. The molecule has 8 nitrogen and oxygen atoms in total. The number of rotatable bonds is 15. The molecule has 1 aliphatic heterocycles. The van der Waals surface area contributed by atoms with E-state index < -0.39 is 37.8 Å². The maximum Gasteiger partial charge on any atom is 0.243 e. The molecule has 0 aromatic heterocycles. The van der Waals surface area contributed by atoms with Crippen molar-refractivity contribution in [1.29, 1.82) is 0 Å². The average Bonchev–Trinajstić information content (AvgIpc) is 3.47. The molecule has 268 valence electrons. The highest BCUT2D eigenvalue weighted by atomic mass is 35.5. The summed E-state index contributed by atoms with van der Waals surface area (Å²) in [6.07, 6.45) is 0.725. The van der Waals surface area contributed by atoms with Crippen molar-refractivity contribution in [3.05, 3.63) is 88.2 Å². The molecule has 0 radical (unpaired) electrons. The molecule has 1 atom stereocenters. The van der Waals surface area contributed by atoms with Gasteiger partial charge in [-0.15, -0.1) is 0 Å². The van der Waals surface area contributed by atoms with Crippen LogP contribution in [-0.4, -0.2) is 94.6 Å². The summed E-state index contributed by atoms with van der Waals surface area (Å²) >= 11 is 7.40. The Bertz CT molecular complexity index is 1730. The van der Waals surface area contributed by atoms with Crippen molar-refractivity contribution in [3.63, 3.8) is 0 Å². The Balaban J connectivity index is 1.60. The highest BCUT2D eigenvalue weighted by Gasteiger charge is 2.42. The number of benzene rings is 3. The van der Waals surface area contributed by atoms with Crippen molar-refractivity contribution in [2.24, 2.45) is 4.99 Å². The van der Waals surface area contributed by atoms with Crippen LogP contribution in [0, 0.1) is 17.5 Å². The highest BCUT2D eigenvalue weighted by Crippen LogP contribution is 2.41. The molecule has 0 aliphatic carbocycles. The monoisotopic (exact) mass is 741 g/mol. The van der Waals surface area contributed by atoms with E-state index in [0.717, 1.165) is 29.5 Å². The Morgan fingerprint density at radius 3 is 2.27 bits per heavy atom. The van der Waals surface area contributed by atoms with E-state index in [4.69, 9.17) is 21.3 Å². The molecule has 1 heterocycles. The number of sulfonamides is 1. The van der Waals surface area contributed by atoms with Gasteiger partial charge in [0.2, 0.25) is 10.0 Å². The zero-order chi connectivity index (χ0) is 36.1. The zero-order valence-electron chi connectivity index (χ0n) is 28.7. The fraction of sp³-hybridized carbons (Fsp3) is 0.457. The van der Waals surface area contributed by atoms with Crippen molar-refractivity contribution >= 4 is 44.2 Å². The molecule has 0 spiro atoms. The smallest absolute Gasteiger partial charge is 0.243 e. The van der Waals surface area contributed by atoms with Gasteiger partial charge in [-0.2, -0.15) is 4.31 Å². The van der Waals surface area contributed by atoms with Crippen molar-refractivity contribution in [2.45, 2.75) is 48.8 Å². The number of methoxy groups -OCH3 is 1. The number of quaternary nitrogens is 1. The van der Waals surface area contributed by atoms with Crippen molar-refractivity contribution in [2.75, 3.05) is 65.9 Å². The molecule has 3 aromatic carbocycles. The Labute approximate surface area is 297 Å². The molecule has 0 saturated carbocycles. The van der Waals surface area contributed by atoms with Gasteiger partial charge in [-0.3, -0.25) is 4.99 Å². The van der Waals surface area contributed by atoms with E-state index in [9.17, 15) is 17.9 Å². The third-order valence-corrected chi connectivity index (χ3v) is 11.9. The summed E-state index contributed by atoms with van der Waals surface area (Å²) in [4.78, 5) is 6.22. The first-order chi connectivity index (χ1) is 23.0. The van der Waals surface area contributed by atoms with Gasteiger partial charge in [0.05, 0.1) is 57.3 Å². The lowest BCUT2D eigenvalue weighted by Crippen LogP contribution is -2.48. The molecular weight excluding hydrogens is 697 g/mol. The number of amidine groups is 1. The number of aliphatic hydroxyl groups is 1. The van der Waals surface area contributed by atoms with Crippen LogP contribution in [0.1, 0.15) is 37.8 Å². The maximum atomic E-state index is 15.6. The second kappa shape index (κ2) is 16.0. The Morgan fingerprint density at radius 1 is 1.04 bits per heavy atom. The minimum atomic E-state index is -4.24. The van der Waals surface area contributed by atoms with Gasteiger partial charge in [0.1, 0.15) is 23.2 Å². The van der Waals surface area contributed by atoms with E-state index in [-0.39, 0.29) is 43.5 Å². The van der Waals surface area contributed by atoms with E-state index in [1.807, 2.05) is 52.0 Å². The standard InChI is InChI=1S/C35H45ClF3N4O4S2/c1-35(2,24-9-14-29(36)32(19-24)47-6)33-22-40-34(42(33)26-12-10-25(37)11-13-26)48-23-28-30(38)20-27(21-31(28)39)49(45,46)41(16-8-18-44)15-7-17-43(3,4)5/h9-14,19-21,33,44H,7-8,15-18,22-23H2,1-6H3/q+1. The normalized spacial score (nSPS) is 15.6. The first-order valence-corrected chi connectivity index (χ1v) is 18.8. The predicted octanol–water partition coefficient (Wildman–Crippen LogP) is 6.69. The fourth-order valence-electron chi connectivity index (χ4n) is 5.74. The van der Waals surface area contributed by atoms with Gasteiger partial charge < -0.3 is 19.2 Å². The van der Waals surface area contributed by atoms with Crippen molar-refractivity contribution < 1.29 is 35.9 Å². The van der Waals surface area contributed by atoms with Crippen LogP contribution in [0.4, 0.5) is 18.9 Å². The van der Waals surface area contributed by atoms with Crippen LogP contribution in [0.15, 0.2) is 64.5 Å². The highest BCUT2D eigenvalue weighted by molar-refractivity contribution is 8.13. The number of ether oxygens (including phenoxy) is 1. The molecule has 0 amide bonds. The number of anilines is 1. The lowest BCUT2D eigenvalue weighted by Gasteiger charge is -2.39. The van der Waals surface area contributed by atoms with Crippen LogP contribution in [-0.2, 0) is 21.2 Å². The SMILES string of the molecule is COc1cc(C(C)(C)C2CN=C(SCc3c(F)cc(S(=O)(=O)N(CCCO)CCC[N+](C)(C)C)cc3F)N2c2ccc(F)cc2)ccc1Cl. The molecule has 1 aliphatic rings. The molecule has 0 fully saturated rings. The van der Waals surface area contributed by atoms with E-state index in [2.05, 4.69) is 0 Å². The summed E-state index contributed by atoms with van der Waals surface area (Å²) < 4.78 is 79.5. The molecular formula is C35H45ClF3N4O4S2+. The van der Waals surface area contributed by atoms with E-state index in [0.29, 0.717) is 45.6 Å². The van der Waals surface area contributed by atoms with E-state index in [1.54, 1.807) is 18.2 Å². The summed E-state index contributed by atoms with van der Waals surface area (Å²) in [7, 11) is 3.26. The number of hydrogen-bond acceptors (Lipinski definition) is 7. The number of thioether (sulfide) groups is 1. The largest absolute Gasteiger partial charge is 0.495 e. The van der Waals surface area contributed by atoms with Crippen LogP contribution in [0.2, 0.25) is 5.02 Å². The average molecular weight is 742 g/mol. The lowest BCUT2D eigenvalue weighted by molar-refractivity contribution is -0.870. The number of nitrogens with zero attached hydrogens (tertiary/aromatic N) is 4. The van der Waals surface area contributed by atoms with Gasteiger partial charge in [0.15, 0.2) is 5.17 Å². The third-order valence-electron chi connectivity index (χ3n) is 8.65. The van der Waals surface area contributed by atoms with Crippen LogP contribution in [0.3, 0.4) is 0 Å². The number of halogens is 4. The third kappa shape index (κ3) is 9.30. The van der Waals surface area contributed by atoms with Gasteiger partial charge in [-0.05, 0) is 60.5 Å². The second-order valence-corrected chi connectivity index (χ2v) is 16.8. The summed E-state index contributed by atoms with van der Waals surface area (Å²) in [6, 6.07) is 12.9. The first-order valence-electron chi connectivity index (χ1n) is 15.9. The topological polar surface area (TPSA) is 82.4 Å². The molecule has 4 rings (SSSR count). The van der Waals surface area contributed by atoms with Crippen molar-refractivity contribution in [1.82, 2.24) is 4.31 Å². The fourth-order valence-corrected chi connectivity index (χ4v) is 8.56. The Morgan fingerprint density at radius 2 is 1.67 bits per heavy atom. The van der Waals surface area contributed by atoms with Gasteiger partial charge >= 0.3 is 0 Å². The summed E-state index contributed by atoms with van der Waals surface area (Å²) in [5.74, 6) is -2.04. The number of aliphatic imine (C=N–C) groups is 1. The minimum absolute atomic E-state index is 0.0240. The molecule has 1 N–H and O–H groups in total. The van der Waals surface area contributed by atoms with Crippen molar-refractivity contribution in [3.8, 4) is 5.75 Å². The Hall–Kier alpha value is -2.81. The summed E-state index contributed by atoms with van der Waals surface area (Å²) in [5, 5.41) is 10.3. The summed E-state index contributed by atoms with van der Waals surface area (Å²) in [5.41, 5.74) is 0.743. The summed E-state index contributed by atoms with van der Waals surface area (Å²) in [6.45, 7) is 5.08. The lowest BCUT2D eigenvalue weighted by atomic mass is 9.77. The van der Waals surface area contributed by atoms with Crippen LogP contribution >= 0.6 is 23.4 Å². The zero-order valence-corrected chi connectivity index (χ0v) is 31.1. The Kier molecular flexibility index (Phi) is 12.8. The minimum Gasteiger partial charge on any atom is -0.495 e. The predicted molar refractivity (Wildman–Crippen MR) is 192 cm³/mol. The van der Waals surface area contributed by atoms with Gasteiger partial charge in [-0.1, -0.05) is 43.3 Å². The molecule has 0 bridgehead atoms. The first kappa shape index (κ1) is 39.0. The number of hydrogen-bond donors (Lipinski definition) is 1. The van der Waals surface area contributed by atoms with Crippen LogP contribution in [0.25, 0.3) is 0 Å². The van der Waals surface area contributed by atoms with Gasteiger partial charge in [-0.25, -0.2) is 21.6 Å². The molecule has 0 saturated heterocycles. The van der Waals surface area contributed by atoms with Crippen LogP contribution < -0.4 is 9.64 Å². The van der Waals surface area contributed by atoms with E-state index >= 15 is 8.78 Å². The molecule has 3 aromatic rings. The number of aliphatic hydroxyl groups excluding tert-OH is 1. The van der Waals surface area contributed by atoms with Gasteiger partial charge in [0, 0.05) is 48.5 Å².